The molecule has 1 aromatic heterocycles. The van der Waals surface area contributed by atoms with Crippen LogP contribution in [0.3, 0.4) is 0 Å². The van der Waals surface area contributed by atoms with Gasteiger partial charge in [0.25, 0.3) is 5.91 Å². The molecular formula is C21H18ClNO3S2. The van der Waals surface area contributed by atoms with Gasteiger partial charge in [-0.1, -0.05) is 35.9 Å². The van der Waals surface area contributed by atoms with Gasteiger partial charge in [-0.3, -0.25) is 4.79 Å². The molecular weight excluding hydrogens is 414 g/mol. The van der Waals surface area contributed by atoms with Crippen molar-refractivity contribution in [3.63, 3.8) is 0 Å². The first-order valence-corrected chi connectivity index (χ1v) is 11.6. The number of thiophene rings is 1. The lowest BCUT2D eigenvalue weighted by Gasteiger charge is -2.26. The van der Waals surface area contributed by atoms with Crippen molar-refractivity contribution in [1.82, 2.24) is 5.32 Å². The van der Waals surface area contributed by atoms with Crippen molar-refractivity contribution in [2.75, 3.05) is 0 Å². The predicted octanol–water partition coefficient (Wildman–Crippen LogP) is 5.04. The Balaban J connectivity index is 1.55. The SMILES string of the molecule is O=C(NC1CCCc2ccccc21)c1ccc(S(=O)(=O)c2ccc(Cl)cc2)s1. The topological polar surface area (TPSA) is 63.2 Å². The molecule has 7 heteroatoms. The Morgan fingerprint density at radius 3 is 2.57 bits per heavy atom. The van der Waals surface area contributed by atoms with Crippen LogP contribution >= 0.6 is 22.9 Å². The second-order valence-electron chi connectivity index (χ2n) is 6.69. The molecule has 0 saturated heterocycles. The second-order valence-corrected chi connectivity index (χ2v) is 10.4. The largest absolute Gasteiger partial charge is 0.345 e. The average molecular weight is 432 g/mol. The van der Waals surface area contributed by atoms with Gasteiger partial charge >= 0.3 is 0 Å². The van der Waals surface area contributed by atoms with Crippen LogP contribution in [0, 0.1) is 0 Å². The highest BCUT2D eigenvalue weighted by molar-refractivity contribution is 7.93. The summed E-state index contributed by atoms with van der Waals surface area (Å²) < 4.78 is 25.7. The fourth-order valence-corrected chi connectivity index (χ4v) is 6.19. The van der Waals surface area contributed by atoms with E-state index in [0.29, 0.717) is 9.90 Å². The number of rotatable bonds is 4. The summed E-state index contributed by atoms with van der Waals surface area (Å²) in [6, 6.07) is 17.1. The van der Waals surface area contributed by atoms with Gasteiger partial charge in [-0.2, -0.15) is 0 Å². The Hall–Kier alpha value is -2.15. The van der Waals surface area contributed by atoms with Gasteiger partial charge in [0.2, 0.25) is 9.84 Å². The zero-order chi connectivity index (χ0) is 19.7. The number of hydrogen-bond acceptors (Lipinski definition) is 4. The number of halogens is 1. The second kappa shape index (κ2) is 7.70. The maximum absolute atomic E-state index is 12.8. The standard InChI is InChI=1S/C21H18ClNO3S2/c22-15-8-10-16(11-9-15)28(25,26)20-13-12-19(27-20)21(24)23-18-7-3-5-14-4-1-2-6-17(14)18/h1-2,4,6,8-13,18H,3,5,7H2,(H,23,24). The van der Waals surface area contributed by atoms with Crippen molar-refractivity contribution >= 4 is 38.7 Å². The lowest BCUT2D eigenvalue weighted by atomic mass is 9.88. The molecule has 1 N–H and O–H groups in total. The number of carbonyl (C=O) groups is 1. The van der Waals surface area contributed by atoms with Crippen molar-refractivity contribution in [3.8, 4) is 0 Å². The summed E-state index contributed by atoms with van der Waals surface area (Å²) in [6.45, 7) is 0. The highest BCUT2D eigenvalue weighted by Crippen LogP contribution is 2.32. The van der Waals surface area contributed by atoms with Crippen LogP contribution in [-0.4, -0.2) is 14.3 Å². The molecule has 3 aromatic rings. The van der Waals surface area contributed by atoms with Crippen molar-refractivity contribution in [2.45, 2.75) is 34.4 Å². The number of amides is 1. The van der Waals surface area contributed by atoms with E-state index in [4.69, 9.17) is 11.6 Å². The number of aryl methyl sites for hydroxylation is 1. The van der Waals surface area contributed by atoms with Gasteiger partial charge in [0.1, 0.15) is 4.21 Å². The molecule has 1 aliphatic rings. The molecule has 0 bridgehead atoms. The number of fused-ring (bicyclic) bond motifs is 1. The number of hydrogen-bond donors (Lipinski definition) is 1. The molecule has 1 unspecified atom stereocenters. The van der Waals surface area contributed by atoms with Crippen molar-refractivity contribution in [2.24, 2.45) is 0 Å². The highest BCUT2D eigenvalue weighted by atomic mass is 35.5. The van der Waals surface area contributed by atoms with Gasteiger partial charge in [-0.25, -0.2) is 8.42 Å². The molecule has 144 valence electrons. The van der Waals surface area contributed by atoms with Crippen molar-refractivity contribution in [1.29, 1.82) is 0 Å². The van der Waals surface area contributed by atoms with Crippen LogP contribution in [0.25, 0.3) is 0 Å². The lowest BCUT2D eigenvalue weighted by Crippen LogP contribution is -2.30. The minimum absolute atomic E-state index is 0.0455. The molecule has 0 saturated carbocycles. The molecule has 0 spiro atoms. The van der Waals surface area contributed by atoms with E-state index in [0.717, 1.165) is 36.2 Å². The van der Waals surface area contributed by atoms with Crippen LogP contribution in [0.5, 0.6) is 0 Å². The van der Waals surface area contributed by atoms with E-state index in [9.17, 15) is 13.2 Å². The first kappa shape index (κ1) is 19.2. The monoisotopic (exact) mass is 431 g/mol. The van der Waals surface area contributed by atoms with Gasteiger partial charge in [0.05, 0.1) is 15.8 Å². The molecule has 0 aliphatic heterocycles. The van der Waals surface area contributed by atoms with Gasteiger partial charge < -0.3 is 5.32 Å². The Kier molecular flexibility index (Phi) is 5.27. The van der Waals surface area contributed by atoms with Crippen LogP contribution in [-0.2, 0) is 16.3 Å². The molecule has 1 amide bonds. The summed E-state index contributed by atoms with van der Waals surface area (Å²) in [5.41, 5.74) is 2.41. The minimum Gasteiger partial charge on any atom is -0.345 e. The third-order valence-corrected chi connectivity index (χ3v) is 8.47. The zero-order valence-corrected chi connectivity index (χ0v) is 17.3. The molecule has 0 radical (unpaired) electrons. The van der Waals surface area contributed by atoms with E-state index in [1.807, 2.05) is 18.2 Å². The van der Waals surface area contributed by atoms with E-state index < -0.39 is 9.84 Å². The highest BCUT2D eigenvalue weighted by Gasteiger charge is 2.25. The van der Waals surface area contributed by atoms with E-state index in [2.05, 4.69) is 11.4 Å². The molecule has 4 rings (SSSR count). The first-order valence-electron chi connectivity index (χ1n) is 8.94. The third kappa shape index (κ3) is 3.72. The van der Waals surface area contributed by atoms with Crippen LogP contribution in [0.2, 0.25) is 5.02 Å². The summed E-state index contributed by atoms with van der Waals surface area (Å²) >= 11 is 6.82. The number of benzene rings is 2. The fourth-order valence-electron chi connectivity index (χ4n) is 3.45. The third-order valence-electron chi connectivity index (χ3n) is 4.87. The maximum atomic E-state index is 12.8. The summed E-state index contributed by atoms with van der Waals surface area (Å²) in [6.07, 6.45) is 2.91. The summed E-state index contributed by atoms with van der Waals surface area (Å²) in [7, 11) is -3.67. The minimum atomic E-state index is -3.67. The number of carbonyl (C=O) groups excluding carboxylic acids is 1. The van der Waals surface area contributed by atoms with Crippen LogP contribution in [0.15, 0.2) is 69.8 Å². The average Bonchev–Trinajstić information content (AvgIpc) is 3.20. The zero-order valence-electron chi connectivity index (χ0n) is 14.9. The molecule has 2 aromatic carbocycles. The van der Waals surface area contributed by atoms with E-state index >= 15 is 0 Å². The molecule has 28 heavy (non-hydrogen) atoms. The van der Waals surface area contributed by atoms with E-state index in [1.54, 1.807) is 6.07 Å². The van der Waals surface area contributed by atoms with Crippen molar-refractivity contribution < 1.29 is 13.2 Å². The van der Waals surface area contributed by atoms with Crippen molar-refractivity contribution in [3.05, 3.63) is 81.7 Å². The van der Waals surface area contributed by atoms with Crippen LogP contribution < -0.4 is 5.32 Å². The van der Waals surface area contributed by atoms with Gasteiger partial charge in [-0.15, -0.1) is 11.3 Å². The summed E-state index contributed by atoms with van der Waals surface area (Å²) in [5.74, 6) is -0.246. The van der Waals surface area contributed by atoms with Gasteiger partial charge in [0, 0.05) is 5.02 Å². The summed E-state index contributed by atoms with van der Waals surface area (Å²) in [5, 5.41) is 3.53. The normalized spacial score (nSPS) is 16.4. The Morgan fingerprint density at radius 1 is 1.04 bits per heavy atom. The van der Waals surface area contributed by atoms with Crippen LogP contribution in [0.4, 0.5) is 0 Å². The molecule has 0 fully saturated rings. The molecule has 1 atom stereocenters. The molecule has 4 nitrogen and oxygen atoms in total. The van der Waals surface area contributed by atoms with E-state index in [-0.39, 0.29) is 21.1 Å². The maximum Gasteiger partial charge on any atom is 0.261 e. The predicted molar refractivity (Wildman–Crippen MR) is 111 cm³/mol. The molecule has 1 heterocycles. The summed E-state index contributed by atoms with van der Waals surface area (Å²) in [4.78, 5) is 13.3. The Morgan fingerprint density at radius 2 is 1.79 bits per heavy atom. The quantitative estimate of drug-likeness (QED) is 0.629. The Bertz CT molecular complexity index is 1120. The van der Waals surface area contributed by atoms with Gasteiger partial charge in [-0.05, 0) is 66.8 Å². The van der Waals surface area contributed by atoms with Gasteiger partial charge in [0.15, 0.2) is 0 Å². The van der Waals surface area contributed by atoms with E-state index in [1.165, 1.54) is 35.9 Å². The fraction of sp³-hybridized carbons (Fsp3) is 0.190. The smallest absolute Gasteiger partial charge is 0.261 e. The molecule has 1 aliphatic carbocycles. The number of sulfone groups is 1. The lowest BCUT2D eigenvalue weighted by molar-refractivity contribution is 0.0937. The Labute approximate surface area is 173 Å². The number of nitrogens with one attached hydrogen (secondary N) is 1. The van der Waals surface area contributed by atoms with Crippen LogP contribution in [0.1, 0.15) is 39.7 Å². The first-order chi connectivity index (χ1) is 13.4.